The number of nitrogens with zero attached hydrogens (tertiary/aromatic N) is 1. The van der Waals surface area contributed by atoms with E-state index in [9.17, 15) is 4.79 Å². The van der Waals surface area contributed by atoms with Crippen molar-refractivity contribution in [3.63, 3.8) is 0 Å². The minimum atomic E-state index is -0.366. The van der Waals surface area contributed by atoms with Gasteiger partial charge in [-0.3, -0.25) is 9.78 Å². The van der Waals surface area contributed by atoms with Crippen molar-refractivity contribution >= 4 is 48.7 Å². The van der Waals surface area contributed by atoms with Crippen LogP contribution in [0.1, 0.15) is 6.92 Å². The van der Waals surface area contributed by atoms with Crippen molar-refractivity contribution in [1.29, 1.82) is 0 Å². The molecule has 82 valence electrons. The fourth-order valence-corrected chi connectivity index (χ4v) is 2.74. The number of carbonyl (C=O) groups is 1. The van der Waals surface area contributed by atoms with Gasteiger partial charge in [-0.05, 0) is 28.1 Å². The minimum absolute atomic E-state index is 0.366. The maximum absolute atomic E-state index is 11.0. The summed E-state index contributed by atoms with van der Waals surface area (Å²) in [6, 6.07) is 5.58. The quantitative estimate of drug-likeness (QED) is 0.585. The number of halogens is 2. The predicted molar refractivity (Wildman–Crippen MR) is 68.5 cm³/mol. The van der Waals surface area contributed by atoms with Crippen molar-refractivity contribution in [2.75, 3.05) is 0 Å². The highest BCUT2D eigenvalue weighted by atomic mass is 79.9. The highest BCUT2D eigenvalue weighted by molar-refractivity contribution is 9.11. The molecule has 0 aliphatic heterocycles. The largest absolute Gasteiger partial charge is 0.423 e. The number of ether oxygens (including phenoxy) is 1. The molecular weight excluding hydrogens is 338 g/mol. The first-order valence-electron chi connectivity index (χ1n) is 4.50. The maximum Gasteiger partial charge on any atom is 0.308 e. The van der Waals surface area contributed by atoms with Crippen LogP contribution in [0.15, 0.2) is 33.3 Å². The van der Waals surface area contributed by atoms with Crippen molar-refractivity contribution in [3.8, 4) is 5.75 Å². The fourth-order valence-electron chi connectivity index (χ4n) is 1.39. The number of esters is 1. The molecule has 0 atom stereocenters. The van der Waals surface area contributed by atoms with Crippen LogP contribution >= 0.6 is 31.9 Å². The predicted octanol–water partition coefficient (Wildman–Crippen LogP) is 3.69. The van der Waals surface area contributed by atoms with E-state index >= 15 is 0 Å². The molecule has 0 spiro atoms. The molecule has 0 saturated carbocycles. The number of pyridine rings is 1. The molecule has 0 N–H and O–H groups in total. The number of benzene rings is 1. The number of fused-ring (bicyclic) bond motifs is 1. The lowest BCUT2D eigenvalue weighted by Crippen LogP contribution is -2.03. The molecule has 1 heterocycles. The lowest BCUT2D eigenvalue weighted by Gasteiger charge is -2.08. The normalized spacial score (nSPS) is 10.4. The van der Waals surface area contributed by atoms with Gasteiger partial charge in [0, 0.05) is 23.0 Å². The lowest BCUT2D eigenvalue weighted by molar-refractivity contribution is -0.131. The molecule has 3 nitrogen and oxygen atoms in total. The molecule has 0 radical (unpaired) electrons. The van der Waals surface area contributed by atoms with E-state index in [1.165, 1.54) is 6.92 Å². The van der Waals surface area contributed by atoms with Crippen molar-refractivity contribution in [2.24, 2.45) is 0 Å². The van der Waals surface area contributed by atoms with Crippen LogP contribution in [0, 0.1) is 0 Å². The third-order valence-electron chi connectivity index (χ3n) is 2.00. The van der Waals surface area contributed by atoms with Crippen LogP contribution in [0.5, 0.6) is 5.75 Å². The minimum Gasteiger partial charge on any atom is -0.423 e. The van der Waals surface area contributed by atoms with Gasteiger partial charge in [0.15, 0.2) is 5.75 Å². The molecule has 0 unspecified atom stereocenters. The van der Waals surface area contributed by atoms with Crippen LogP contribution in [0.25, 0.3) is 10.9 Å². The van der Waals surface area contributed by atoms with Gasteiger partial charge >= 0.3 is 5.97 Å². The maximum atomic E-state index is 11.0. The van der Waals surface area contributed by atoms with Crippen molar-refractivity contribution in [3.05, 3.63) is 33.3 Å². The van der Waals surface area contributed by atoms with Gasteiger partial charge in [-0.2, -0.15) is 0 Å². The Balaban J connectivity index is 2.76. The SMILES string of the molecule is CC(=O)Oc1c(Br)cc(Br)c2cccnc12. The molecule has 0 amide bonds. The van der Waals surface area contributed by atoms with Gasteiger partial charge in [-0.25, -0.2) is 0 Å². The second-order valence-corrected chi connectivity index (χ2v) is 4.87. The van der Waals surface area contributed by atoms with Gasteiger partial charge in [-0.15, -0.1) is 0 Å². The number of hydrogen-bond donors (Lipinski definition) is 0. The molecule has 0 saturated heterocycles. The summed E-state index contributed by atoms with van der Waals surface area (Å²) < 4.78 is 6.74. The molecule has 2 rings (SSSR count). The first kappa shape index (κ1) is 11.5. The Bertz CT molecular complexity index is 569. The zero-order valence-corrected chi connectivity index (χ0v) is 11.5. The second kappa shape index (κ2) is 4.51. The third-order valence-corrected chi connectivity index (χ3v) is 3.24. The topological polar surface area (TPSA) is 39.2 Å². The average molecular weight is 345 g/mol. The molecule has 16 heavy (non-hydrogen) atoms. The van der Waals surface area contributed by atoms with E-state index in [0.29, 0.717) is 15.7 Å². The zero-order valence-electron chi connectivity index (χ0n) is 8.33. The molecule has 5 heteroatoms. The molecule has 1 aromatic carbocycles. The highest BCUT2D eigenvalue weighted by Crippen LogP contribution is 2.37. The second-order valence-electron chi connectivity index (χ2n) is 3.16. The average Bonchev–Trinajstić information content (AvgIpc) is 2.24. The van der Waals surface area contributed by atoms with Crippen molar-refractivity contribution in [1.82, 2.24) is 4.98 Å². The number of carbonyl (C=O) groups excluding carboxylic acids is 1. The summed E-state index contributed by atoms with van der Waals surface area (Å²) in [4.78, 5) is 15.2. The summed E-state index contributed by atoms with van der Waals surface area (Å²) in [7, 11) is 0. The lowest BCUT2D eigenvalue weighted by atomic mass is 10.2. The molecule has 2 aromatic rings. The summed E-state index contributed by atoms with van der Waals surface area (Å²) in [5, 5.41) is 0.905. The first-order valence-corrected chi connectivity index (χ1v) is 6.09. The Morgan fingerprint density at radius 1 is 1.38 bits per heavy atom. The molecular formula is C11H7Br2NO2. The van der Waals surface area contributed by atoms with Crippen LogP contribution in [0.4, 0.5) is 0 Å². The smallest absolute Gasteiger partial charge is 0.308 e. The third kappa shape index (κ3) is 2.10. The van der Waals surface area contributed by atoms with Crippen LogP contribution < -0.4 is 4.74 Å². The Labute approximate surface area is 109 Å². The van der Waals surface area contributed by atoms with Gasteiger partial charge in [0.2, 0.25) is 0 Å². The Hall–Kier alpha value is -0.940. The summed E-state index contributed by atoms with van der Waals surface area (Å²) in [5.41, 5.74) is 0.652. The Morgan fingerprint density at radius 3 is 2.81 bits per heavy atom. The van der Waals surface area contributed by atoms with Gasteiger partial charge < -0.3 is 4.74 Å². The standard InChI is InChI=1S/C11H7Br2NO2/c1-6(15)16-11-9(13)5-8(12)7-3-2-4-14-10(7)11/h2-5H,1H3. The van der Waals surface area contributed by atoms with Crippen LogP contribution in [-0.4, -0.2) is 11.0 Å². The monoisotopic (exact) mass is 343 g/mol. The molecule has 0 aliphatic carbocycles. The van der Waals surface area contributed by atoms with E-state index in [4.69, 9.17) is 4.74 Å². The van der Waals surface area contributed by atoms with E-state index in [1.807, 2.05) is 18.2 Å². The van der Waals surface area contributed by atoms with E-state index in [1.54, 1.807) is 6.20 Å². The van der Waals surface area contributed by atoms with E-state index in [0.717, 1.165) is 9.86 Å². The molecule has 1 aromatic heterocycles. The van der Waals surface area contributed by atoms with Gasteiger partial charge in [0.1, 0.15) is 5.52 Å². The number of aromatic nitrogens is 1. The van der Waals surface area contributed by atoms with Crippen LogP contribution in [0.2, 0.25) is 0 Å². The molecule has 0 aliphatic rings. The first-order chi connectivity index (χ1) is 7.59. The summed E-state index contributed by atoms with van der Waals surface area (Å²) in [5.74, 6) is 0.0845. The van der Waals surface area contributed by atoms with E-state index in [-0.39, 0.29) is 5.97 Å². The van der Waals surface area contributed by atoms with E-state index < -0.39 is 0 Å². The Kier molecular flexibility index (Phi) is 3.25. The molecule has 0 fully saturated rings. The van der Waals surface area contributed by atoms with Gasteiger partial charge in [-0.1, -0.05) is 22.0 Å². The van der Waals surface area contributed by atoms with E-state index in [2.05, 4.69) is 36.8 Å². The zero-order chi connectivity index (χ0) is 11.7. The number of hydrogen-bond acceptors (Lipinski definition) is 3. The Morgan fingerprint density at radius 2 is 2.12 bits per heavy atom. The van der Waals surface area contributed by atoms with Gasteiger partial charge in [0.25, 0.3) is 0 Å². The fraction of sp³-hybridized carbons (Fsp3) is 0.0909. The highest BCUT2D eigenvalue weighted by Gasteiger charge is 2.13. The van der Waals surface area contributed by atoms with Crippen LogP contribution in [-0.2, 0) is 4.79 Å². The van der Waals surface area contributed by atoms with Crippen molar-refractivity contribution < 1.29 is 9.53 Å². The van der Waals surface area contributed by atoms with Crippen LogP contribution in [0.3, 0.4) is 0 Å². The number of rotatable bonds is 1. The summed E-state index contributed by atoms with van der Waals surface area (Å²) in [6.45, 7) is 1.36. The molecule has 0 bridgehead atoms. The summed E-state index contributed by atoms with van der Waals surface area (Å²) >= 11 is 6.79. The van der Waals surface area contributed by atoms with Gasteiger partial charge in [0.05, 0.1) is 4.47 Å². The summed E-state index contributed by atoms with van der Waals surface area (Å²) in [6.07, 6.45) is 1.66. The van der Waals surface area contributed by atoms with Crippen molar-refractivity contribution in [2.45, 2.75) is 6.92 Å².